The van der Waals surface area contributed by atoms with Crippen molar-refractivity contribution in [1.29, 1.82) is 0 Å². The number of likely N-dealkylation sites (tertiary alicyclic amines) is 1. The number of carbonyl (C=O) groups is 1. The Morgan fingerprint density at radius 2 is 1.56 bits per heavy atom. The fourth-order valence-electron chi connectivity index (χ4n) is 3.54. The molecule has 7 nitrogen and oxygen atoms in total. The molecule has 1 aliphatic heterocycles. The first-order chi connectivity index (χ1) is 14.9. The summed E-state index contributed by atoms with van der Waals surface area (Å²) in [5.74, 6) is 0. The molecule has 32 heavy (non-hydrogen) atoms. The molecular formula is C24H33N3O4S. The van der Waals surface area contributed by atoms with Gasteiger partial charge in [0, 0.05) is 19.1 Å². The Bertz CT molecular complexity index is 1050. The van der Waals surface area contributed by atoms with Crippen molar-refractivity contribution in [1.82, 2.24) is 4.90 Å². The zero-order chi connectivity index (χ0) is 23.5. The molecule has 3 rings (SSSR count). The lowest BCUT2D eigenvalue weighted by atomic mass is 10.0. The molecule has 8 heteroatoms. The molecule has 1 amide bonds. The van der Waals surface area contributed by atoms with Crippen LogP contribution in [0.5, 0.6) is 0 Å². The van der Waals surface area contributed by atoms with Gasteiger partial charge in [-0.3, -0.25) is 4.72 Å². The van der Waals surface area contributed by atoms with E-state index in [9.17, 15) is 13.2 Å². The predicted molar refractivity (Wildman–Crippen MR) is 128 cm³/mol. The number of aryl methyl sites for hydroxylation is 2. The van der Waals surface area contributed by atoms with Crippen molar-refractivity contribution in [3.05, 3.63) is 53.6 Å². The Labute approximate surface area is 191 Å². The number of carbonyl (C=O) groups excluding carboxylic acids is 1. The maximum Gasteiger partial charge on any atom is 0.410 e. The molecular weight excluding hydrogens is 426 g/mol. The van der Waals surface area contributed by atoms with Gasteiger partial charge in [0.25, 0.3) is 10.0 Å². The molecule has 174 valence electrons. The van der Waals surface area contributed by atoms with Crippen LogP contribution in [-0.4, -0.2) is 44.1 Å². The number of piperidine rings is 1. The number of sulfonamides is 1. The highest BCUT2D eigenvalue weighted by atomic mass is 32.2. The third-order valence-electron chi connectivity index (χ3n) is 5.26. The second kappa shape index (κ2) is 9.40. The van der Waals surface area contributed by atoms with Crippen LogP contribution in [-0.2, 0) is 14.8 Å². The van der Waals surface area contributed by atoms with Crippen LogP contribution in [0.2, 0.25) is 0 Å². The molecule has 2 aromatic rings. The summed E-state index contributed by atoms with van der Waals surface area (Å²) in [5, 5.41) is 3.48. The number of hydrogen-bond donors (Lipinski definition) is 2. The SMILES string of the molecule is Cc1ccc(S(=O)(=O)Nc2ccc(C)cc2NC2CCN(C(=O)OC(C)(C)C)CC2)cc1. The maximum absolute atomic E-state index is 12.9. The molecule has 0 radical (unpaired) electrons. The van der Waals surface area contributed by atoms with Gasteiger partial charge in [-0.1, -0.05) is 23.8 Å². The van der Waals surface area contributed by atoms with Gasteiger partial charge in [-0.25, -0.2) is 13.2 Å². The molecule has 1 fully saturated rings. The summed E-state index contributed by atoms with van der Waals surface area (Å²) in [5.41, 5.74) is 2.75. The minimum atomic E-state index is -3.70. The van der Waals surface area contributed by atoms with Crippen LogP contribution < -0.4 is 10.0 Å². The van der Waals surface area contributed by atoms with Crippen molar-refractivity contribution in [2.24, 2.45) is 0 Å². The average Bonchev–Trinajstić information content (AvgIpc) is 2.69. The maximum atomic E-state index is 12.9. The summed E-state index contributed by atoms with van der Waals surface area (Å²) < 4.78 is 33.9. The lowest BCUT2D eigenvalue weighted by Crippen LogP contribution is -2.44. The molecule has 2 N–H and O–H groups in total. The van der Waals surface area contributed by atoms with Gasteiger partial charge in [0.05, 0.1) is 16.3 Å². The zero-order valence-electron chi connectivity index (χ0n) is 19.4. The molecule has 1 heterocycles. The largest absolute Gasteiger partial charge is 0.444 e. The molecule has 0 aliphatic carbocycles. The second-order valence-corrected chi connectivity index (χ2v) is 11.0. The Hall–Kier alpha value is -2.74. The fourth-order valence-corrected chi connectivity index (χ4v) is 4.62. The summed E-state index contributed by atoms with van der Waals surface area (Å²) in [6, 6.07) is 12.5. The summed E-state index contributed by atoms with van der Waals surface area (Å²) in [4.78, 5) is 14.2. The van der Waals surface area contributed by atoms with Gasteiger partial charge >= 0.3 is 6.09 Å². The Morgan fingerprint density at radius 1 is 0.969 bits per heavy atom. The van der Waals surface area contributed by atoms with Crippen LogP contribution in [0.25, 0.3) is 0 Å². The zero-order valence-corrected chi connectivity index (χ0v) is 20.3. The number of amides is 1. The van der Waals surface area contributed by atoms with Crippen LogP contribution in [0.1, 0.15) is 44.7 Å². The molecule has 1 aliphatic rings. The molecule has 0 spiro atoms. The molecule has 2 aromatic carbocycles. The normalized spacial score (nSPS) is 15.3. The molecule has 0 atom stereocenters. The van der Waals surface area contributed by atoms with E-state index in [-0.39, 0.29) is 17.0 Å². The van der Waals surface area contributed by atoms with E-state index >= 15 is 0 Å². The lowest BCUT2D eigenvalue weighted by Gasteiger charge is -2.34. The number of anilines is 2. The van der Waals surface area contributed by atoms with Crippen LogP contribution in [0.3, 0.4) is 0 Å². The molecule has 0 unspecified atom stereocenters. The molecule has 0 bridgehead atoms. The number of nitrogens with zero attached hydrogens (tertiary/aromatic N) is 1. The van der Waals surface area contributed by atoms with Crippen molar-refractivity contribution >= 4 is 27.5 Å². The highest BCUT2D eigenvalue weighted by molar-refractivity contribution is 7.92. The lowest BCUT2D eigenvalue weighted by molar-refractivity contribution is 0.0210. The third kappa shape index (κ3) is 6.38. The van der Waals surface area contributed by atoms with Gasteiger partial charge in [0.2, 0.25) is 0 Å². The van der Waals surface area contributed by atoms with Crippen LogP contribution in [0.15, 0.2) is 47.4 Å². The van der Waals surface area contributed by atoms with Crippen LogP contribution in [0.4, 0.5) is 16.2 Å². The fraction of sp³-hybridized carbons (Fsp3) is 0.458. The smallest absolute Gasteiger partial charge is 0.410 e. The quantitative estimate of drug-likeness (QED) is 0.663. The van der Waals surface area contributed by atoms with E-state index in [1.165, 1.54) is 0 Å². The van der Waals surface area contributed by atoms with Gasteiger partial charge in [-0.05, 0) is 77.3 Å². The number of rotatable bonds is 5. The van der Waals surface area contributed by atoms with Gasteiger partial charge in [-0.15, -0.1) is 0 Å². The van der Waals surface area contributed by atoms with E-state index in [4.69, 9.17) is 4.74 Å². The highest BCUT2D eigenvalue weighted by Crippen LogP contribution is 2.28. The number of nitrogens with one attached hydrogen (secondary N) is 2. The Morgan fingerprint density at radius 3 is 2.16 bits per heavy atom. The topological polar surface area (TPSA) is 87.7 Å². The monoisotopic (exact) mass is 459 g/mol. The minimum Gasteiger partial charge on any atom is -0.444 e. The summed E-state index contributed by atoms with van der Waals surface area (Å²) >= 11 is 0. The summed E-state index contributed by atoms with van der Waals surface area (Å²) in [7, 11) is -3.70. The minimum absolute atomic E-state index is 0.123. The standard InChI is InChI=1S/C24H33N3O4S/c1-17-6-9-20(10-7-17)32(29,30)26-21-11-8-18(2)16-22(21)25-19-12-14-27(15-13-19)23(28)31-24(3,4)5/h6-11,16,19,25-26H,12-15H2,1-5H3. The number of ether oxygens (including phenoxy) is 1. The Kier molecular flexibility index (Phi) is 7.03. The second-order valence-electron chi connectivity index (χ2n) is 9.35. The van der Waals surface area contributed by atoms with E-state index in [2.05, 4.69) is 10.0 Å². The Balaban J connectivity index is 1.69. The van der Waals surface area contributed by atoms with E-state index in [0.29, 0.717) is 18.8 Å². The highest BCUT2D eigenvalue weighted by Gasteiger charge is 2.27. The van der Waals surface area contributed by atoms with Gasteiger partial charge < -0.3 is 15.0 Å². The van der Waals surface area contributed by atoms with Gasteiger partial charge in [0.15, 0.2) is 0 Å². The first kappa shape index (κ1) is 23.9. The third-order valence-corrected chi connectivity index (χ3v) is 6.64. The number of benzene rings is 2. The molecule has 1 saturated heterocycles. The van der Waals surface area contributed by atoms with E-state index in [0.717, 1.165) is 29.7 Å². The predicted octanol–water partition coefficient (Wildman–Crippen LogP) is 4.92. The summed E-state index contributed by atoms with van der Waals surface area (Å²) in [6.45, 7) is 10.6. The van der Waals surface area contributed by atoms with Crippen LogP contribution >= 0.6 is 0 Å². The van der Waals surface area contributed by atoms with Crippen molar-refractivity contribution in [3.8, 4) is 0 Å². The van der Waals surface area contributed by atoms with Crippen LogP contribution in [0, 0.1) is 13.8 Å². The number of hydrogen-bond acceptors (Lipinski definition) is 5. The molecule has 0 aromatic heterocycles. The van der Waals surface area contributed by atoms with Gasteiger partial charge in [0.1, 0.15) is 5.60 Å². The first-order valence-electron chi connectivity index (χ1n) is 10.9. The van der Waals surface area contributed by atoms with E-state index < -0.39 is 15.6 Å². The van der Waals surface area contributed by atoms with Crippen molar-refractivity contribution < 1.29 is 17.9 Å². The van der Waals surface area contributed by atoms with E-state index in [1.807, 2.05) is 46.8 Å². The first-order valence-corrected chi connectivity index (χ1v) is 12.4. The molecule has 0 saturated carbocycles. The van der Waals surface area contributed by atoms with Crippen molar-refractivity contribution in [2.75, 3.05) is 23.1 Å². The van der Waals surface area contributed by atoms with Crippen molar-refractivity contribution in [3.63, 3.8) is 0 Å². The summed E-state index contributed by atoms with van der Waals surface area (Å²) in [6.07, 6.45) is 1.20. The average molecular weight is 460 g/mol. The van der Waals surface area contributed by atoms with Crippen molar-refractivity contribution in [2.45, 2.75) is 64.0 Å². The van der Waals surface area contributed by atoms with E-state index in [1.54, 1.807) is 35.2 Å². The van der Waals surface area contributed by atoms with Gasteiger partial charge in [-0.2, -0.15) is 0 Å².